The second kappa shape index (κ2) is 2.21. The largest absolute Gasteiger partial charge is 0.480 e. The topological polar surface area (TPSA) is 49.3 Å². The van der Waals surface area contributed by atoms with Crippen molar-refractivity contribution in [2.75, 3.05) is 6.54 Å². The molecule has 0 amide bonds. The van der Waals surface area contributed by atoms with Crippen molar-refractivity contribution in [2.45, 2.75) is 31.7 Å². The summed E-state index contributed by atoms with van der Waals surface area (Å²) < 4.78 is 0. The Kier molecular flexibility index (Phi) is 1.42. The Bertz CT molecular complexity index is 177. The summed E-state index contributed by atoms with van der Waals surface area (Å²) in [5.74, 6) is -0.694. The second-order valence-electron chi connectivity index (χ2n) is 3.81. The van der Waals surface area contributed by atoms with Crippen LogP contribution in [0.15, 0.2) is 0 Å². The molecule has 1 saturated carbocycles. The SMILES string of the molecule is O=C(O)[C@@H]1CCC2(CC2)CN1. The van der Waals surface area contributed by atoms with Gasteiger partial charge in [-0.1, -0.05) is 0 Å². The molecule has 1 spiro atoms. The van der Waals surface area contributed by atoms with E-state index in [9.17, 15) is 4.79 Å². The molecule has 0 aromatic heterocycles. The molecule has 0 aromatic carbocycles. The molecule has 2 N–H and O–H groups in total. The Morgan fingerprint density at radius 2 is 2.18 bits per heavy atom. The van der Waals surface area contributed by atoms with E-state index in [4.69, 9.17) is 5.11 Å². The summed E-state index contributed by atoms with van der Waals surface area (Å²) in [6.07, 6.45) is 4.52. The van der Waals surface area contributed by atoms with Gasteiger partial charge in [-0.15, -0.1) is 0 Å². The molecule has 0 unspecified atom stereocenters. The maximum Gasteiger partial charge on any atom is 0.320 e. The minimum absolute atomic E-state index is 0.277. The van der Waals surface area contributed by atoms with Gasteiger partial charge in [-0.25, -0.2) is 0 Å². The monoisotopic (exact) mass is 155 g/mol. The standard InChI is InChI=1S/C8H13NO2/c10-7(11)6-1-2-8(3-4-8)5-9-6/h6,9H,1-5H2,(H,10,11)/t6-/m0/s1. The first-order valence-corrected chi connectivity index (χ1v) is 4.18. The summed E-state index contributed by atoms with van der Waals surface area (Å²) in [6.45, 7) is 0.921. The quantitative estimate of drug-likeness (QED) is 0.583. The predicted molar refractivity (Wildman–Crippen MR) is 40.3 cm³/mol. The molecule has 0 bridgehead atoms. The molecule has 3 nitrogen and oxygen atoms in total. The summed E-state index contributed by atoms with van der Waals surface area (Å²) in [4.78, 5) is 10.5. The second-order valence-corrected chi connectivity index (χ2v) is 3.81. The third-order valence-electron chi connectivity index (χ3n) is 2.94. The molecule has 2 fully saturated rings. The zero-order valence-corrected chi connectivity index (χ0v) is 6.47. The predicted octanol–water partition coefficient (Wildman–Crippen LogP) is 0.603. The van der Waals surface area contributed by atoms with Crippen LogP contribution in [0.25, 0.3) is 0 Å². The molecule has 2 aliphatic rings. The molecule has 0 radical (unpaired) electrons. The van der Waals surface area contributed by atoms with Crippen LogP contribution in [0, 0.1) is 5.41 Å². The molecule has 1 aliphatic carbocycles. The van der Waals surface area contributed by atoms with Crippen LogP contribution in [-0.2, 0) is 4.79 Å². The fourth-order valence-electron chi connectivity index (χ4n) is 1.80. The molecule has 62 valence electrons. The third kappa shape index (κ3) is 1.25. The smallest absolute Gasteiger partial charge is 0.320 e. The molecule has 0 aromatic rings. The van der Waals surface area contributed by atoms with Gasteiger partial charge >= 0.3 is 5.97 Å². The highest BCUT2D eigenvalue weighted by Gasteiger charge is 2.45. The first kappa shape index (κ1) is 7.10. The lowest BCUT2D eigenvalue weighted by Gasteiger charge is -2.26. The van der Waals surface area contributed by atoms with Gasteiger partial charge in [0.1, 0.15) is 6.04 Å². The van der Waals surface area contributed by atoms with Crippen molar-refractivity contribution >= 4 is 5.97 Å². The van der Waals surface area contributed by atoms with Crippen molar-refractivity contribution in [3.63, 3.8) is 0 Å². The number of carboxylic acid groups (broad SMARTS) is 1. The van der Waals surface area contributed by atoms with Crippen LogP contribution in [0.1, 0.15) is 25.7 Å². The first-order chi connectivity index (χ1) is 5.22. The average Bonchev–Trinajstić information content (AvgIpc) is 2.70. The highest BCUT2D eigenvalue weighted by molar-refractivity contribution is 5.73. The molecule has 11 heavy (non-hydrogen) atoms. The fourth-order valence-corrected chi connectivity index (χ4v) is 1.80. The van der Waals surface area contributed by atoms with Crippen molar-refractivity contribution in [1.29, 1.82) is 0 Å². The van der Waals surface area contributed by atoms with Crippen LogP contribution in [0.5, 0.6) is 0 Å². The summed E-state index contributed by atoms with van der Waals surface area (Å²) in [5, 5.41) is 11.7. The summed E-state index contributed by atoms with van der Waals surface area (Å²) in [7, 11) is 0. The number of rotatable bonds is 1. The molecular formula is C8H13NO2. The van der Waals surface area contributed by atoms with Crippen LogP contribution in [0.4, 0.5) is 0 Å². The van der Waals surface area contributed by atoms with Gasteiger partial charge < -0.3 is 10.4 Å². The number of nitrogens with one attached hydrogen (secondary N) is 1. The number of aliphatic carboxylic acids is 1. The molecule has 1 saturated heterocycles. The molecule has 2 rings (SSSR count). The van der Waals surface area contributed by atoms with Crippen LogP contribution in [0.3, 0.4) is 0 Å². The lowest BCUT2D eigenvalue weighted by atomic mass is 9.92. The Hall–Kier alpha value is -0.570. The van der Waals surface area contributed by atoms with E-state index >= 15 is 0 Å². The number of hydrogen-bond donors (Lipinski definition) is 2. The molecular weight excluding hydrogens is 142 g/mol. The molecule has 1 heterocycles. The van der Waals surface area contributed by atoms with Crippen molar-refractivity contribution in [2.24, 2.45) is 5.41 Å². The van der Waals surface area contributed by atoms with Crippen LogP contribution < -0.4 is 5.32 Å². The van der Waals surface area contributed by atoms with E-state index in [-0.39, 0.29) is 6.04 Å². The van der Waals surface area contributed by atoms with Crippen LogP contribution >= 0.6 is 0 Å². The van der Waals surface area contributed by atoms with E-state index in [0.29, 0.717) is 5.41 Å². The summed E-state index contributed by atoms with van der Waals surface area (Å²) >= 11 is 0. The van der Waals surface area contributed by atoms with Crippen molar-refractivity contribution in [3.05, 3.63) is 0 Å². The number of piperidine rings is 1. The van der Waals surface area contributed by atoms with E-state index in [1.807, 2.05) is 0 Å². The zero-order chi connectivity index (χ0) is 7.90. The summed E-state index contributed by atoms with van der Waals surface area (Å²) in [6, 6.07) is -0.277. The van der Waals surface area contributed by atoms with Crippen molar-refractivity contribution < 1.29 is 9.90 Å². The van der Waals surface area contributed by atoms with E-state index in [0.717, 1.165) is 19.4 Å². The Labute approximate surface area is 65.8 Å². The lowest BCUT2D eigenvalue weighted by Crippen LogP contribution is -2.44. The normalized spacial score (nSPS) is 33.6. The molecule has 3 heteroatoms. The van der Waals surface area contributed by atoms with Gasteiger partial charge in [0.15, 0.2) is 0 Å². The van der Waals surface area contributed by atoms with E-state index in [1.165, 1.54) is 12.8 Å². The Balaban J connectivity index is 1.89. The lowest BCUT2D eigenvalue weighted by molar-refractivity contribution is -0.140. The number of carbonyl (C=O) groups is 1. The third-order valence-corrected chi connectivity index (χ3v) is 2.94. The Morgan fingerprint density at radius 3 is 2.55 bits per heavy atom. The maximum atomic E-state index is 10.5. The van der Waals surface area contributed by atoms with Gasteiger partial charge in [-0.05, 0) is 31.1 Å². The van der Waals surface area contributed by atoms with Crippen LogP contribution in [-0.4, -0.2) is 23.7 Å². The maximum absolute atomic E-state index is 10.5. The Morgan fingerprint density at radius 1 is 1.45 bits per heavy atom. The zero-order valence-electron chi connectivity index (χ0n) is 6.47. The highest BCUT2D eigenvalue weighted by atomic mass is 16.4. The first-order valence-electron chi connectivity index (χ1n) is 4.18. The average molecular weight is 155 g/mol. The van der Waals surface area contributed by atoms with Gasteiger partial charge in [0, 0.05) is 6.54 Å². The van der Waals surface area contributed by atoms with Crippen LogP contribution in [0.2, 0.25) is 0 Å². The van der Waals surface area contributed by atoms with E-state index in [1.54, 1.807) is 0 Å². The van der Waals surface area contributed by atoms with Crippen molar-refractivity contribution in [1.82, 2.24) is 5.32 Å². The minimum Gasteiger partial charge on any atom is -0.480 e. The van der Waals surface area contributed by atoms with Gasteiger partial charge in [-0.3, -0.25) is 4.79 Å². The van der Waals surface area contributed by atoms with Gasteiger partial charge in [-0.2, -0.15) is 0 Å². The van der Waals surface area contributed by atoms with Gasteiger partial charge in [0.05, 0.1) is 0 Å². The van der Waals surface area contributed by atoms with Gasteiger partial charge in [0.2, 0.25) is 0 Å². The number of hydrogen-bond acceptors (Lipinski definition) is 2. The van der Waals surface area contributed by atoms with E-state index in [2.05, 4.69) is 5.32 Å². The van der Waals surface area contributed by atoms with Crippen molar-refractivity contribution in [3.8, 4) is 0 Å². The fraction of sp³-hybridized carbons (Fsp3) is 0.875. The van der Waals surface area contributed by atoms with Gasteiger partial charge in [0.25, 0.3) is 0 Å². The minimum atomic E-state index is -0.694. The van der Waals surface area contributed by atoms with E-state index < -0.39 is 5.97 Å². The molecule has 1 aliphatic heterocycles. The number of carboxylic acids is 1. The molecule has 1 atom stereocenters. The summed E-state index contributed by atoms with van der Waals surface area (Å²) in [5.41, 5.74) is 0.520. The highest BCUT2D eigenvalue weighted by Crippen LogP contribution is 2.50.